The van der Waals surface area contributed by atoms with E-state index < -0.39 is 0 Å². The second-order valence-electron chi connectivity index (χ2n) is 5.94. The first-order chi connectivity index (χ1) is 10.6. The van der Waals surface area contributed by atoms with Crippen molar-refractivity contribution in [2.75, 3.05) is 0 Å². The van der Waals surface area contributed by atoms with Crippen molar-refractivity contribution in [3.63, 3.8) is 0 Å². The maximum Gasteiger partial charge on any atom is 0.254 e. The molecule has 0 aromatic heterocycles. The Morgan fingerprint density at radius 2 is 1.82 bits per heavy atom. The number of phenolic OH excluding ortho intramolecular Hbond substituents is 1. The highest BCUT2D eigenvalue weighted by atomic mass is 79.9. The van der Waals surface area contributed by atoms with Crippen molar-refractivity contribution in [1.29, 1.82) is 0 Å². The van der Waals surface area contributed by atoms with Crippen LogP contribution < -0.4 is 0 Å². The van der Waals surface area contributed by atoms with Crippen LogP contribution in [0.2, 0.25) is 0 Å². The number of phenols is 1. The molecule has 1 N–H and O–H groups in total. The number of hydrazone groups is 1. The van der Waals surface area contributed by atoms with Crippen LogP contribution in [0.15, 0.2) is 39.9 Å². The second-order valence-corrected chi connectivity index (χ2v) is 6.80. The zero-order valence-corrected chi connectivity index (χ0v) is 13.1. The lowest BCUT2D eigenvalue weighted by atomic mass is 9.85. The van der Waals surface area contributed by atoms with E-state index in [2.05, 4.69) is 33.2 Å². The van der Waals surface area contributed by atoms with Gasteiger partial charge in [-0.25, -0.2) is 0 Å². The summed E-state index contributed by atoms with van der Waals surface area (Å²) in [6.07, 6.45) is 6.49. The molecule has 6 heteroatoms. The Balaban J connectivity index is 1.59. The molecule has 5 nitrogen and oxygen atoms in total. The topological polar surface area (TPSA) is 70.0 Å². The quantitative estimate of drug-likeness (QED) is 0.499. The number of halogens is 1. The molecule has 1 aromatic carbocycles. The Morgan fingerprint density at radius 3 is 2.41 bits per heavy atom. The molecule has 4 rings (SSSR count). The van der Waals surface area contributed by atoms with Crippen molar-refractivity contribution >= 4 is 34.0 Å². The smallest absolute Gasteiger partial charge is 0.254 e. The number of imide groups is 1. The number of aromatic hydroxyl groups is 1. The zero-order valence-electron chi connectivity index (χ0n) is 11.5. The molecule has 112 valence electrons. The highest BCUT2D eigenvalue weighted by molar-refractivity contribution is 9.10. The lowest BCUT2D eigenvalue weighted by Gasteiger charge is -2.13. The van der Waals surface area contributed by atoms with Crippen LogP contribution in [0.1, 0.15) is 12.0 Å². The van der Waals surface area contributed by atoms with Crippen LogP contribution in [0, 0.1) is 23.7 Å². The molecule has 1 aromatic rings. The summed E-state index contributed by atoms with van der Waals surface area (Å²) >= 11 is 3.22. The van der Waals surface area contributed by atoms with Gasteiger partial charge in [0.15, 0.2) is 0 Å². The van der Waals surface area contributed by atoms with Gasteiger partial charge >= 0.3 is 0 Å². The highest BCUT2D eigenvalue weighted by Gasteiger charge is 2.59. The van der Waals surface area contributed by atoms with Crippen LogP contribution in [0.3, 0.4) is 0 Å². The first kappa shape index (κ1) is 13.7. The number of carbonyl (C=O) groups is 2. The lowest BCUT2D eigenvalue weighted by molar-refractivity contribution is -0.140. The molecule has 2 aliphatic carbocycles. The molecule has 1 saturated heterocycles. The van der Waals surface area contributed by atoms with E-state index in [1.807, 2.05) is 0 Å². The first-order valence-electron chi connectivity index (χ1n) is 7.15. The van der Waals surface area contributed by atoms with Crippen molar-refractivity contribution < 1.29 is 14.7 Å². The van der Waals surface area contributed by atoms with Crippen LogP contribution in [0.4, 0.5) is 0 Å². The molecule has 0 unspecified atom stereocenters. The number of hydrogen-bond donors (Lipinski definition) is 1. The van der Waals surface area contributed by atoms with Crippen LogP contribution in [0.25, 0.3) is 0 Å². The number of nitrogens with zero attached hydrogens (tertiary/aromatic N) is 2. The van der Waals surface area contributed by atoms with E-state index in [0.29, 0.717) is 10.0 Å². The molecule has 22 heavy (non-hydrogen) atoms. The number of amides is 2. The van der Waals surface area contributed by atoms with E-state index in [4.69, 9.17) is 0 Å². The Morgan fingerprint density at radius 1 is 1.18 bits per heavy atom. The van der Waals surface area contributed by atoms with Gasteiger partial charge in [0.2, 0.25) is 0 Å². The predicted octanol–water partition coefficient (Wildman–Crippen LogP) is 2.30. The first-order valence-corrected chi connectivity index (χ1v) is 7.94. The second kappa shape index (κ2) is 4.78. The molecule has 0 spiro atoms. The number of rotatable bonds is 2. The number of hydrogen-bond acceptors (Lipinski definition) is 4. The fourth-order valence-electron chi connectivity index (χ4n) is 3.73. The lowest BCUT2D eigenvalue weighted by Crippen LogP contribution is -2.28. The van der Waals surface area contributed by atoms with Crippen LogP contribution in [-0.4, -0.2) is 28.1 Å². The van der Waals surface area contributed by atoms with Gasteiger partial charge in [-0.05, 0) is 57.9 Å². The molecular weight excluding hydrogens is 348 g/mol. The summed E-state index contributed by atoms with van der Waals surface area (Å²) in [6, 6.07) is 4.87. The van der Waals surface area contributed by atoms with E-state index in [-0.39, 0.29) is 41.2 Å². The number of allylic oxidation sites excluding steroid dienone is 2. The third-order valence-electron chi connectivity index (χ3n) is 4.74. The summed E-state index contributed by atoms with van der Waals surface area (Å²) in [5.41, 5.74) is 0.698. The minimum atomic E-state index is -0.230. The fraction of sp³-hybridized carbons (Fsp3) is 0.312. The standard InChI is InChI=1S/C16H13BrN2O3/c17-11-5-8(1-4-12(11)20)7-18-19-15(21)13-9-2-3-10(6-9)14(13)16(19)22/h1-5,7,9-10,13-14,20H,6H2/b18-7+/t9-,10+,13+,14-. The van der Waals surface area contributed by atoms with Gasteiger partial charge in [-0.1, -0.05) is 12.2 Å². The minimum absolute atomic E-state index is 0.127. The molecule has 4 atom stereocenters. The van der Waals surface area contributed by atoms with E-state index in [1.54, 1.807) is 12.1 Å². The zero-order chi connectivity index (χ0) is 15.4. The van der Waals surface area contributed by atoms with Gasteiger partial charge in [0.1, 0.15) is 5.75 Å². The Bertz CT molecular complexity index is 713. The summed E-state index contributed by atoms with van der Waals surface area (Å²) < 4.78 is 0.537. The van der Waals surface area contributed by atoms with E-state index >= 15 is 0 Å². The SMILES string of the molecule is O=C1[C@@H]2[C@H](C(=O)N1/N=C/c1ccc(O)c(Br)c1)[C@H]1C=C[C@@H]2C1. The normalized spacial score (nSPS) is 32.5. The van der Waals surface area contributed by atoms with E-state index in [9.17, 15) is 14.7 Å². The maximum absolute atomic E-state index is 12.4. The van der Waals surface area contributed by atoms with E-state index in [0.717, 1.165) is 11.4 Å². The van der Waals surface area contributed by atoms with Gasteiger partial charge in [-0.3, -0.25) is 9.59 Å². The van der Waals surface area contributed by atoms with Crippen LogP contribution >= 0.6 is 15.9 Å². The average Bonchev–Trinajstić information content (AvgIpc) is 3.16. The Hall–Kier alpha value is -1.95. The third-order valence-corrected chi connectivity index (χ3v) is 5.38. The molecule has 1 aliphatic heterocycles. The summed E-state index contributed by atoms with van der Waals surface area (Å²) in [5.74, 6) is -0.342. The van der Waals surface area contributed by atoms with E-state index in [1.165, 1.54) is 12.3 Å². The summed E-state index contributed by atoms with van der Waals surface area (Å²) in [7, 11) is 0. The van der Waals surface area contributed by atoms with Crippen LogP contribution in [-0.2, 0) is 9.59 Å². The maximum atomic E-state index is 12.4. The molecule has 0 radical (unpaired) electrons. The number of benzene rings is 1. The molecule has 1 heterocycles. The fourth-order valence-corrected chi connectivity index (χ4v) is 4.12. The van der Waals surface area contributed by atoms with Crippen LogP contribution in [0.5, 0.6) is 5.75 Å². The molecule has 2 amide bonds. The summed E-state index contributed by atoms with van der Waals surface area (Å²) in [4.78, 5) is 24.9. The largest absolute Gasteiger partial charge is 0.507 e. The summed E-state index contributed by atoms with van der Waals surface area (Å²) in [6.45, 7) is 0. The third kappa shape index (κ3) is 1.86. The Kier molecular flexibility index (Phi) is 2.97. The molecule has 3 aliphatic rings. The molecule has 1 saturated carbocycles. The molecular formula is C16H13BrN2O3. The molecule has 2 fully saturated rings. The van der Waals surface area contributed by atoms with Crippen molar-refractivity contribution in [2.24, 2.45) is 28.8 Å². The van der Waals surface area contributed by atoms with Gasteiger partial charge in [0, 0.05) is 0 Å². The minimum Gasteiger partial charge on any atom is -0.507 e. The predicted molar refractivity (Wildman–Crippen MR) is 83.0 cm³/mol. The summed E-state index contributed by atoms with van der Waals surface area (Å²) in [5, 5.41) is 14.6. The van der Waals surface area contributed by atoms with Crippen molar-refractivity contribution in [3.05, 3.63) is 40.4 Å². The average molecular weight is 361 g/mol. The highest BCUT2D eigenvalue weighted by Crippen LogP contribution is 2.52. The van der Waals surface area contributed by atoms with Gasteiger partial charge in [0.25, 0.3) is 11.8 Å². The van der Waals surface area contributed by atoms with Gasteiger partial charge < -0.3 is 5.11 Å². The Labute approximate surface area is 135 Å². The van der Waals surface area contributed by atoms with Gasteiger partial charge in [-0.15, -0.1) is 0 Å². The number of carbonyl (C=O) groups excluding carboxylic acids is 2. The monoisotopic (exact) mass is 360 g/mol. The van der Waals surface area contributed by atoms with Gasteiger partial charge in [0.05, 0.1) is 22.5 Å². The van der Waals surface area contributed by atoms with Crippen molar-refractivity contribution in [1.82, 2.24) is 5.01 Å². The molecule has 2 bridgehead atoms. The van der Waals surface area contributed by atoms with Crippen molar-refractivity contribution in [3.8, 4) is 5.75 Å². The van der Waals surface area contributed by atoms with Gasteiger partial charge in [-0.2, -0.15) is 10.1 Å². The number of fused-ring (bicyclic) bond motifs is 5. The van der Waals surface area contributed by atoms with Crippen molar-refractivity contribution in [2.45, 2.75) is 6.42 Å².